The van der Waals surface area contributed by atoms with Crippen LogP contribution in [0.15, 0.2) is 42.2 Å². The molecule has 0 aliphatic carbocycles. The van der Waals surface area contributed by atoms with Crippen molar-refractivity contribution in [2.75, 3.05) is 6.54 Å². The second kappa shape index (κ2) is 6.01. The lowest BCUT2D eigenvalue weighted by atomic mass is 10.2. The molecule has 4 heterocycles. The second-order valence-electron chi connectivity index (χ2n) is 5.55. The van der Waals surface area contributed by atoms with E-state index in [1.807, 2.05) is 17.9 Å². The average Bonchev–Trinajstić information content (AvgIpc) is 3.31. The molecule has 5 rings (SSSR count). The van der Waals surface area contributed by atoms with Gasteiger partial charge in [0.2, 0.25) is 0 Å². The van der Waals surface area contributed by atoms with Crippen LogP contribution in [0.25, 0.3) is 27.4 Å². The van der Waals surface area contributed by atoms with E-state index in [1.165, 1.54) is 10.4 Å². The molecule has 1 N–H and O–H groups in total. The predicted octanol–water partition coefficient (Wildman–Crippen LogP) is 2.87. The molecule has 0 saturated carbocycles. The van der Waals surface area contributed by atoms with E-state index in [0.717, 1.165) is 42.4 Å². The molecular weight excluding hydrogens is 344 g/mol. The average molecular weight is 359 g/mol. The number of benzene rings is 1. The molecule has 4 aromatic rings. The Balaban J connectivity index is 0.00000146. The highest BCUT2D eigenvalue weighted by Gasteiger charge is 2.16. The van der Waals surface area contributed by atoms with Gasteiger partial charge >= 0.3 is 0 Å². The molecule has 1 aliphatic heterocycles. The largest absolute Gasteiger partial charge is 0.309 e. The molecule has 8 heteroatoms. The number of hydrogen-bond donors (Lipinski definition) is 1. The number of nitrogens with zero attached hydrogens (tertiary/aromatic N) is 5. The van der Waals surface area contributed by atoms with Crippen molar-refractivity contribution in [3.05, 3.63) is 47.9 Å². The highest BCUT2D eigenvalue weighted by atomic mass is 35.5. The summed E-state index contributed by atoms with van der Waals surface area (Å²) in [5.74, 6) is 0.862. The van der Waals surface area contributed by atoms with Gasteiger partial charge in [0.05, 0.1) is 28.0 Å². The van der Waals surface area contributed by atoms with Gasteiger partial charge in [0.25, 0.3) is 0 Å². The van der Waals surface area contributed by atoms with Crippen molar-refractivity contribution < 1.29 is 0 Å². The standard InChI is InChI=1S/C16H14N6S.ClH/c1-2-15-13(19-10-23-15)7-11(1)21-5-4-18-16(21)14-8-12-9-17-3-6-22(12)20-14;/h1-2,4-5,7-8,10,17H,3,6,9H2;1H. The van der Waals surface area contributed by atoms with Crippen LogP contribution in [0.3, 0.4) is 0 Å². The molecule has 0 spiro atoms. The number of halogens is 1. The Kier molecular flexibility index (Phi) is 3.84. The van der Waals surface area contributed by atoms with Gasteiger partial charge in [-0.15, -0.1) is 23.7 Å². The summed E-state index contributed by atoms with van der Waals surface area (Å²) in [6.45, 7) is 2.72. The molecule has 0 amide bonds. The van der Waals surface area contributed by atoms with Crippen LogP contribution in [0, 0.1) is 0 Å². The molecule has 1 aliphatic rings. The Bertz CT molecular complexity index is 978. The van der Waals surface area contributed by atoms with E-state index in [4.69, 9.17) is 5.10 Å². The van der Waals surface area contributed by atoms with Gasteiger partial charge in [0.15, 0.2) is 5.82 Å². The van der Waals surface area contributed by atoms with Crippen LogP contribution in [0.1, 0.15) is 5.69 Å². The van der Waals surface area contributed by atoms with E-state index in [1.54, 1.807) is 11.3 Å². The van der Waals surface area contributed by atoms with E-state index in [0.29, 0.717) is 0 Å². The first-order valence-corrected chi connectivity index (χ1v) is 8.41. The van der Waals surface area contributed by atoms with Crippen molar-refractivity contribution in [2.24, 2.45) is 0 Å². The lowest BCUT2D eigenvalue weighted by molar-refractivity contribution is 0.476. The minimum atomic E-state index is 0. The number of fused-ring (bicyclic) bond motifs is 2. The summed E-state index contributed by atoms with van der Waals surface area (Å²) < 4.78 is 5.33. The Morgan fingerprint density at radius 3 is 3.04 bits per heavy atom. The van der Waals surface area contributed by atoms with Gasteiger partial charge in [-0.05, 0) is 24.3 Å². The maximum atomic E-state index is 4.71. The zero-order valence-corrected chi connectivity index (χ0v) is 14.3. The van der Waals surface area contributed by atoms with Crippen LogP contribution in [0.2, 0.25) is 0 Å². The van der Waals surface area contributed by atoms with Crippen LogP contribution in [0.4, 0.5) is 0 Å². The first-order chi connectivity index (χ1) is 11.4. The third-order valence-electron chi connectivity index (χ3n) is 4.13. The maximum absolute atomic E-state index is 4.71. The lowest BCUT2D eigenvalue weighted by Crippen LogP contribution is -2.28. The first kappa shape index (κ1) is 15.3. The van der Waals surface area contributed by atoms with Crippen molar-refractivity contribution in [1.82, 2.24) is 29.6 Å². The van der Waals surface area contributed by atoms with E-state index >= 15 is 0 Å². The third-order valence-corrected chi connectivity index (χ3v) is 4.94. The summed E-state index contributed by atoms with van der Waals surface area (Å²) >= 11 is 1.65. The fourth-order valence-corrected chi connectivity index (χ4v) is 3.66. The zero-order chi connectivity index (χ0) is 15.2. The molecule has 1 aromatic carbocycles. The summed E-state index contributed by atoms with van der Waals surface area (Å²) in [6, 6.07) is 8.42. The Hall–Kier alpha value is -2.22. The van der Waals surface area contributed by atoms with Crippen LogP contribution >= 0.6 is 23.7 Å². The highest BCUT2D eigenvalue weighted by molar-refractivity contribution is 7.16. The minimum Gasteiger partial charge on any atom is -0.309 e. The molecule has 3 aromatic heterocycles. The molecule has 0 saturated heterocycles. The first-order valence-electron chi connectivity index (χ1n) is 7.53. The number of imidazole rings is 1. The monoisotopic (exact) mass is 358 g/mol. The molecule has 0 fully saturated rings. The molecular formula is C16H15ClN6S. The van der Waals surface area contributed by atoms with Gasteiger partial charge in [-0.2, -0.15) is 5.10 Å². The van der Waals surface area contributed by atoms with Gasteiger partial charge < -0.3 is 5.32 Å². The summed E-state index contributed by atoms with van der Waals surface area (Å²) in [4.78, 5) is 8.92. The SMILES string of the molecule is Cl.c1cn(-c2ccc3scnc3c2)c(-c2cc3n(n2)CCNC3)n1. The highest BCUT2D eigenvalue weighted by Crippen LogP contribution is 2.25. The third kappa shape index (κ3) is 2.41. The second-order valence-corrected chi connectivity index (χ2v) is 6.43. The van der Waals surface area contributed by atoms with Crippen LogP contribution in [-0.4, -0.2) is 30.9 Å². The number of aromatic nitrogens is 5. The Labute approximate surface area is 148 Å². The normalized spacial score (nSPS) is 13.7. The molecule has 0 atom stereocenters. The molecule has 0 bridgehead atoms. The summed E-state index contributed by atoms with van der Waals surface area (Å²) in [7, 11) is 0. The summed E-state index contributed by atoms with van der Waals surface area (Å²) in [5, 5.41) is 8.08. The molecule has 6 nitrogen and oxygen atoms in total. The fourth-order valence-electron chi connectivity index (χ4n) is 3.00. The van der Waals surface area contributed by atoms with Crippen molar-refractivity contribution in [2.45, 2.75) is 13.1 Å². The van der Waals surface area contributed by atoms with Crippen LogP contribution in [0.5, 0.6) is 0 Å². The van der Waals surface area contributed by atoms with Crippen molar-refractivity contribution in [1.29, 1.82) is 0 Å². The van der Waals surface area contributed by atoms with Crippen LogP contribution < -0.4 is 5.32 Å². The zero-order valence-electron chi connectivity index (χ0n) is 12.7. The van der Waals surface area contributed by atoms with Gasteiger partial charge in [-0.25, -0.2) is 9.97 Å². The van der Waals surface area contributed by atoms with Gasteiger partial charge in [-0.3, -0.25) is 9.25 Å². The van der Waals surface area contributed by atoms with E-state index < -0.39 is 0 Å². The summed E-state index contributed by atoms with van der Waals surface area (Å²) in [5.41, 5.74) is 6.06. The van der Waals surface area contributed by atoms with Crippen molar-refractivity contribution >= 4 is 34.0 Å². The van der Waals surface area contributed by atoms with Gasteiger partial charge in [0.1, 0.15) is 5.69 Å². The molecule has 0 radical (unpaired) electrons. The number of nitrogens with one attached hydrogen (secondary N) is 1. The van der Waals surface area contributed by atoms with Crippen molar-refractivity contribution in [3.8, 4) is 17.2 Å². The topological polar surface area (TPSA) is 60.6 Å². The number of rotatable bonds is 2. The summed E-state index contributed by atoms with van der Waals surface area (Å²) in [6.07, 6.45) is 3.79. The maximum Gasteiger partial charge on any atom is 0.165 e. The lowest BCUT2D eigenvalue weighted by Gasteiger charge is -2.13. The van der Waals surface area contributed by atoms with E-state index in [-0.39, 0.29) is 12.4 Å². The van der Waals surface area contributed by atoms with E-state index in [9.17, 15) is 0 Å². The molecule has 24 heavy (non-hydrogen) atoms. The predicted molar refractivity (Wildman–Crippen MR) is 96.9 cm³/mol. The number of hydrogen-bond acceptors (Lipinski definition) is 5. The van der Waals surface area contributed by atoms with E-state index in [2.05, 4.69) is 48.8 Å². The van der Waals surface area contributed by atoms with Gasteiger partial charge in [-0.1, -0.05) is 0 Å². The smallest absolute Gasteiger partial charge is 0.165 e. The Morgan fingerprint density at radius 1 is 1.17 bits per heavy atom. The molecule has 122 valence electrons. The fraction of sp³-hybridized carbons (Fsp3) is 0.188. The van der Waals surface area contributed by atoms with Crippen molar-refractivity contribution in [3.63, 3.8) is 0 Å². The quantitative estimate of drug-likeness (QED) is 0.598. The number of thiazole rings is 1. The van der Waals surface area contributed by atoms with Crippen LogP contribution in [-0.2, 0) is 13.1 Å². The Morgan fingerprint density at radius 2 is 2.12 bits per heavy atom. The van der Waals surface area contributed by atoms with Gasteiger partial charge in [0, 0.05) is 31.2 Å². The molecule has 0 unspecified atom stereocenters. The minimum absolute atomic E-state index is 0.